The first-order chi connectivity index (χ1) is 7.52. The zero-order valence-corrected chi connectivity index (χ0v) is 10.6. The second-order valence-electron chi connectivity index (χ2n) is 3.95. The molecule has 1 fully saturated rings. The molecule has 6 heteroatoms. The first-order valence-electron chi connectivity index (χ1n) is 5.58. The molecule has 0 atom stereocenters. The Balaban J connectivity index is 2.73. The maximum absolute atomic E-state index is 12.1. The van der Waals surface area contributed by atoms with E-state index in [-0.39, 0.29) is 11.8 Å². The van der Waals surface area contributed by atoms with E-state index in [2.05, 4.69) is 4.74 Å². The second kappa shape index (κ2) is 5.63. The first kappa shape index (κ1) is 13.4. The van der Waals surface area contributed by atoms with Gasteiger partial charge >= 0.3 is 5.97 Å². The highest BCUT2D eigenvalue weighted by molar-refractivity contribution is 7.89. The molecule has 0 heterocycles. The van der Waals surface area contributed by atoms with Gasteiger partial charge in [0.15, 0.2) is 0 Å². The van der Waals surface area contributed by atoms with Crippen molar-refractivity contribution < 1.29 is 17.9 Å². The minimum atomic E-state index is -3.32. The van der Waals surface area contributed by atoms with Crippen LogP contribution in [0.3, 0.4) is 0 Å². The van der Waals surface area contributed by atoms with Gasteiger partial charge in [0, 0.05) is 6.54 Å². The zero-order valence-electron chi connectivity index (χ0n) is 9.81. The molecule has 0 bridgehead atoms. The van der Waals surface area contributed by atoms with Crippen molar-refractivity contribution in [1.82, 2.24) is 4.31 Å². The van der Waals surface area contributed by atoms with Crippen molar-refractivity contribution in [2.45, 2.75) is 37.9 Å². The van der Waals surface area contributed by atoms with Gasteiger partial charge in [0.2, 0.25) is 10.0 Å². The smallest absolute Gasteiger partial charge is 0.321 e. The van der Waals surface area contributed by atoms with Crippen molar-refractivity contribution in [3.63, 3.8) is 0 Å². The summed E-state index contributed by atoms with van der Waals surface area (Å²) in [6.45, 7) is 1.87. The summed E-state index contributed by atoms with van der Waals surface area (Å²) in [6.07, 6.45) is 3.33. The number of likely N-dealkylation sites (N-methyl/N-ethyl adjacent to an activating group) is 1. The Bertz CT molecular complexity index is 333. The molecule has 0 spiro atoms. The van der Waals surface area contributed by atoms with Crippen LogP contribution in [-0.4, -0.2) is 44.1 Å². The third-order valence-electron chi connectivity index (χ3n) is 2.97. The van der Waals surface area contributed by atoms with Crippen molar-refractivity contribution in [1.29, 1.82) is 0 Å². The van der Waals surface area contributed by atoms with E-state index in [1.807, 2.05) is 0 Å². The molecule has 0 radical (unpaired) electrons. The Labute approximate surface area is 96.8 Å². The van der Waals surface area contributed by atoms with Crippen LogP contribution in [0.2, 0.25) is 0 Å². The summed E-state index contributed by atoms with van der Waals surface area (Å²) in [4.78, 5) is 11.1. The Morgan fingerprint density at radius 2 is 1.94 bits per heavy atom. The fourth-order valence-corrected chi connectivity index (χ4v) is 3.98. The lowest BCUT2D eigenvalue weighted by atomic mass is 10.4. The monoisotopic (exact) mass is 249 g/mol. The highest BCUT2D eigenvalue weighted by Gasteiger charge is 2.34. The topological polar surface area (TPSA) is 63.7 Å². The number of hydrogen-bond donors (Lipinski definition) is 0. The highest BCUT2D eigenvalue weighted by atomic mass is 32.2. The van der Waals surface area contributed by atoms with Crippen molar-refractivity contribution in [3.05, 3.63) is 0 Å². The lowest BCUT2D eigenvalue weighted by Crippen LogP contribution is -2.41. The predicted octanol–water partition coefficient (Wildman–Crippen LogP) is 0.754. The number of hydrogen-bond acceptors (Lipinski definition) is 4. The molecule has 0 aromatic heterocycles. The number of sulfonamides is 1. The maximum Gasteiger partial charge on any atom is 0.321 e. The molecule has 1 aliphatic rings. The van der Waals surface area contributed by atoms with Gasteiger partial charge in [0.05, 0.1) is 12.4 Å². The van der Waals surface area contributed by atoms with Gasteiger partial charge < -0.3 is 4.74 Å². The number of methoxy groups -OCH3 is 1. The van der Waals surface area contributed by atoms with Crippen molar-refractivity contribution >= 4 is 16.0 Å². The van der Waals surface area contributed by atoms with Crippen LogP contribution in [-0.2, 0) is 19.6 Å². The summed E-state index contributed by atoms with van der Waals surface area (Å²) in [7, 11) is -2.06. The van der Waals surface area contributed by atoms with Crippen molar-refractivity contribution in [3.8, 4) is 0 Å². The summed E-state index contributed by atoms with van der Waals surface area (Å²) >= 11 is 0. The van der Waals surface area contributed by atoms with E-state index in [1.165, 1.54) is 11.4 Å². The highest BCUT2D eigenvalue weighted by Crippen LogP contribution is 2.26. The molecule has 0 amide bonds. The average molecular weight is 249 g/mol. The Hall–Kier alpha value is -0.620. The summed E-state index contributed by atoms with van der Waals surface area (Å²) in [5.41, 5.74) is 0. The standard InChI is InChI=1S/C10H19NO4S/c1-3-11(8-10(12)15-2)16(13,14)9-6-4-5-7-9/h9H,3-8H2,1-2H3. The van der Waals surface area contributed by atoms with Gasteiger partial charge in [0.1, 0.15) is 6.54 Å². The molecule has 0 unspecified atom stereocenters. The minimum absolute atomic E-state index is 0.175. The van der Waals surface area contributed by atoms with E-state index in [1.54, 1.807) is 6.92 Å². The van der Waals surface area contributed by atoms with E-state index in [9.17, 15) is 13.2 Å². The van der Waals surface area contributed by atoms with E-state index in [0.29, 0.717) is 19.4 Å². The van der Waals surface area contributed by atoms with E-state index in [4.69, 9.17) is 0 Å². The van der Waals surface area contributed by atoms with Crippen LogP contribution >= 0.6 is 0 Å². The third kappa shape index (κ3) is 2.95. The molecular weight excluding hydrogens is 230 g/mol. The lowest BCUT2D eigenvalue weighted by Gasteiger charge is -2.22. The molecule has 1 rings (SSSR count). The Morgan fingerprint density at radius 1 is 1.38 bits per heavy atom. The second-order valence-corrected chi connectivity index (χ2v) is 6.17. The molecular formula is C10H19NO4S. The molecule has 1 aliphatic carbocycles. The van der Waals surface area contributed by atoms with Gasteiger partial charge in [-0.1, -0.05) is 19.8 Å². The summed E-state index contributed by atoms with van der Waals surface area (Å²) in [6, 6.07) is 0. The summed E-state index contributed by atoms with van der Waals surface area (Å²) in [5, 5.41) is -0.308. The van der Waals surface area contributed by atoms with Gasteiger partial charge in [-0.05, 0) is 12.8 Å². The molecule has 5 nitrogen and oxygen atoms in total. The normalized spacial score (nSPS) is 17.9. The number of nitrogens with zero attached hydrogens (tertiary/aromatic N) is 1. The Morgan fingerprint density at radius 3 is 2.38 bits per heavy atom. The molecule has 0 aromatic rings. The summed E-state index contributed by atoms with van der Waals surface area (Å²) in [5.74, 6) is -0.511. The quantitative estimate of drug-likeness (QED) is 0.675. The molecule has 0 N–H and O–H groups in total. The largest absolute Gasteiger partial charge is 0.468 e. The van der Waals surface area contributed by atoms with E-state index in [0.717, 1.165) is 12.8 Å². The van der Waals surface area contributed by atoms with Gasteiger partial charge in [-0.2, -0.15) is 4.31 Å². The summed E-state index contributed by atoms with van der Waals surface area (Å²) < 4.78 is 30.0. The van der Waals surface area contributed by atoms with E-state index < -0.39 is 16.0 Å². The van der Waals surface area contributed by atoms with Crippen LogP contribution in [0.1, 0.15) is 32.6 Å². The molecule has 1 saturated carbocycles. The van der Waals surface area contributed by atoms with Crippen molar-refractivity contribution in [2.24, 2.45) is 0 Å². The minimum Gasteiger partial charge on any atom is -0.468 e. The Kier molecular flexibility index (Phi) is 4.73. The van der Waals surface area contributed by atoms with Gasteiger partial charge in [-0.15, -0.1) is 0 Å². The van der Waals surface area contributed by atoms with Gasteiger partial charge in [-0.25, -0.2) is 8.42 Å². The van der Waals surface area contributed by atoms with Gasteiger partial charge in [0.25, 0.3) is 0 Å². The van der Waals surface area contributed by atoms with Crippen LogP contribution in [0.5, 0.6) is 0 Å². The number of rotatable bonds is 5. The first-order valence-corrected chi connectivity index (χ1v) is 7.08. The van der Waals surface area contributed by atoms with Crippen LogP contribution in [0, 0.1) is 0 Å². The fourth-order valence-electron chi connectivity index (χ4n) is 1.99. The molecule has 16 heavy (non-hydrogen) atoms. The van der Waals surface area contributed by atoms with E-state index >= 15 is 0 Å². The predicted molar refractivity (Wildman–Crippen MR) is 60.4 cm³/mol. The van der Waals surface area contributed by atoms with Crippen LogP contribution in [0.25, 0.3) is 0 Å². The lowest BCUT2D eigenvalue weighted by molar-refractivity contribution is -0.140. The zero-order chi connectivity index (χ0) is 12.2. The molecule has 0 saturated heterocycles. The van der Waals surface area contributed by atoms with Crippen LogP contribution in [0.15, 0.2) is 0 Å². The number of carbonyl (C=O) groups excluding carboxylic acids is 1. The number of ether oxygens (including phenoxy) is 1. The SMILES string of the molecule is CCN(CC(=O)OC)S(=O)(=O)C1CCCC1. The van der Waals surface area contributed by atoms with Crippen LogP contribution < -0.4 is 0 Å². The van der Waals surface area contributed by atoms with Crippen LogP contribution in [0.4, 0.5) is 0 Å². The fraction of sp³-hybridized carbons (Fsp3) is 0.900. The molecule has 0 aliphatic heterocycles. The van der Waals surface area contributed by atoms with Gasteiger partial charge in [-0.3, -0.25) is 4.79 Å². The van der Waals surface area contributed by atoms with Crippen molar-refractivity contribution in [2.75, 3.05) is 20.2 Å². The molecule has 0 aromatic carbocycles. The average Bonchev–Trinajstić information content (AvgIpc) is 2.78. The third-order valence-corrected chi connectivity index (χ3v) is 5.39. The maximum atomic E-state index is 12.1. The number of carbonyl (C=O) groups is 1. The number of esters is 1. The molecule has 94 valence electrons.